The Labute approximate surface area is 144 Å². The van der Waals surface area contributed by atoms with Gasteiger partial charge in [0.2, 0.25) is 0 Å². The summed E-state index contributed by atoms with van der Waals surface area (Å²) in [6.45, 7) is 7.07. The molecule has 0 spiro atoms. The van der Waals surface area contributed by atoms with Crippen LogP contribution in [0.3, 0.4) is 0 Å². The van der Waals surface area contributed by atoms with Crippen LogP contribution in [0.2, 0.25) is 0 Å². The van der Waals surface area contributed by atoms with E-state index in [-0.39, 0.29) is 17.3 Å². The van der Waals surface area contributed by atoms with E-state index in [9.17, 15) is 4.39 Å². The minimum Gasteiger partial charge on any atom is -0.365 e. The van der Waals surface area contributed by atoms with Crippen molar-refractivity contribution in [3.8, 4) is 11.6 Å². The van der Waals surface area contributed by atoms with Crippen LogP contribution in [-0.2, 0) is 23.3 Å². The highest BCUT2D eigenvalue weighted by atomic mass is 19.1. The van der Waals surface area contributed by atoms with Crippen molar-refractivity contribution >= 4 is 0 Å². The maximum Gasteiger partial charge on any atom is 0.278 e. The molecule has 0 saturated heterocycles. The van der Waals surface area contributed by atoms with Crippen molar-refractivity contribution in [3.63, 3.8) is 0 Å². The topological polar surface area (TPSA) is 66.0 Å². The molecule has 25 heavy (non-hydrogen) atoms. The number of halogens is 1. The molecule has 0 N–H and O–H groups in total. The van der Waals surface area contributed by atoms with Crippen LogP contribution in [0.1, 0.15) is 44.0 Å². The van der Waals surface area contributed by atoms with Crippen molar-refractivity contribution in [1.82, 2.24) is 19.9 Å². The molecule has 1 aliphatic rings. The van der Waals surface area contributed by atoms with E-state index in [2.05, 4.69) is 15.2 Å². The van der Waals surface area contributed by atoms with E-state index in [4.69, 9.17) is 9.26 Å². The molecule has 3 aromatic rings. The Balaban J connectivity index is 1.58. The number of hydrogen-bond acceptors (Lipinski definition) is 5. The number of nitrogens with zero attached hydrogens (tertiary/aromatic N) is 4. The van der Waals surface area contributed by atoms with Crippen LogP contribution in [0.15, 0.2) is 34.9 Å². The van der Waals surface area contributed by atoms with Gasteiger partial charge >= 0.3 is 0 Å². The minimum absolute atomic E-state index is 0.159. The molecule has 1 aromatic carbocycles. The van der Waals surface area contributed by atoms with Gasteiger partial charge in [-0.15, -0.1) is 0 Å². The molecule has 3 heterocycles. The van der Waals surface area contributed by atoms with Crippen LogP contribution in [0.4, 0.5) is 4.39 Å². The Hall–Kier alpha value is -2.54. The van der Waals surface area contributed by atoms with Crippen molar-refractivity contribution < 1.29 is 13.7 Å². The van der Waals surface area contributed by atoms with Crippen LogP contribution in [0.5, 0.6) is 0 Å². The molecule has 0 saturated carbocycles. The van der Waals surface area contributed by atoms with Gasteiger partial charge in [-0.1, -0.05) is 38.1 Å². The van der Waals surface area contributed by atoms with Gasteiger partial charge in [-0.05, 0) is 23.8 Å². The van der Waals surface area contributed by atoms with Gasteiger partial charge in [-0.25, -0.2) is 4.39 Å². The predicted octanol–water partition coefficient (Wildman–Crippen LogP) is 3.64. The van der Waals surface area contributed by atoms with E-state index >= 15 is 0 Å². The van der Waals surface area contributed by atoms with Crippen LogP contribution in [0.25, 0.3) is 11.6 Å². The fourth-order valence-electron chi connectivity index (χ4n) is 2.74. The minimum atomic E-state index is -0.257. The molecule has 0 bridgehead atoms. The van der Waals surface area contributed by atoms with E-state index < -0.39 is 0 Å². The van der Waals surface area contributed by atoms with Crippen LogP contribution >= 0.6 is 0 Å². The van der Waals surface area contributed by atoms with Crippen LogP contribution < -0.4 is 0 Å². The summed E-state index contributed by atoms with van der Waals surface area (Å²) in [6.07, 6.45) is -0.159. The van der Waals surface area contributed by atoms with Gasteiger partial charge < -0.3 is 9.26 Å². The quantitative estimate of drug-likeness (QED) is 0.711. The molecule has 7 heteroatoms. The number of fused-ring (bicyclic) bond motifs is 1. The molecule has 1 unspecified atom stereocenters. The van der Waals surface area contributed by atoms with E-state index in [0.717, 1.165) is 11.3 Å². The number of ether oxygens (including phenoxy) is 1. The lowest BCUT2D eigenvalue weighted by Gasteiger charge is -2.24. The van der Waals surface area contributed by atoms with Crippen LogP contribution in [0, 0.1) is 5.82 Å². The summed E-state index contributed by atoms with van der Waals surface area (Å²) in [5.41, 5.74) is 2.33. The Bertz CT molecular complexity index is 893. The Morgan fingerprint density at radius 1 is 1.20 bits per heavy atom. The molecule has 130 valence electrons. The molecular weight excluding hydrogens is 323 g/mol. The third-order valence-corrected chi connectivity index (χ3v) is 4.19. The molecule has 0 aliphatic carbocycles. The Morgan fingerprint density at radius 3 is 2.64 bits per heavy atom. The zero-order valence-electron chi connectivity index (χ0n) is 14.4. The van der Waals surface area contributed by atoms with E-state index in [1.54, 1.807) is 12.1 Å². The lowest BCUT2D eigenvalue weighted by molar-refractivity contribution is -0.00116. The first-order chi connectivity index (χ1) is 11.9. The van der Waals surface area contributed by atoms with Crippen LogP contribution in [-0.4, -0.2) is 19.9 Å². The SMILES string of the molecule is CC(C)(C)c1noc(-c2cc3n(n2)CC(c2ccc(F)cc2)OC3)n1. The molecule has 1 aliphatic heterocycles. The molecule has 0 radical (unpaired) electrons. The Morgan fingerprint density at radius 2 is 1.96 bits per heavy atom. The first kappa shape index (κ1) is 16.0. The summed E-state index contributed by atoms with van der Waals surface area (Å²) >= 11 is 0. The second-order valence-electron chi connectivity index (χ2n) is 7.23. The van der Waals surface area contributed by atoms with E-state index in [1.165, 1.54) is 12.1 Å². The maximum absolute atomic E-state index is 13.1. The summed E-state index contributed by atoms with van der Waals surface area (Å²) in [4.78, 5) is 4.45. The fourth-order valence-corrected chi connectivity index (χ4v) is 2.74. The first-order valence-electron chi connectivity index (χ1n) is 8.18. The maximum atomic E-state index is 13.1. The zero-order chi connectivity index (χ0) is 17.6. The second-order valence-corrected chi connectivity index (χ2v) is 7.23. The second kappa shape index (κ2) is 5.77. The van der Waals surface area contributed by atoms with Gasteiger partial charge in [0.1, 0.15) is 11.9 Å². The molecular formula is C18H19FN4O2. The molecule has 2 aromatic heterocycles. The smallest absolute Gasteiger partial charge is 0.278 e. The Kier molecular flexibility index (Phi) is 3.68. The van der Waals surface area contributed by atoms with Gasteiger partial charge in [0, 0.05) is 5.41 Å². The van der Waals surface area contributed by atoms with Crippen molar-refractivity contribution in [2.45, 2.75) is 45.4 Å². The summed E-state index contributed by atoms with van der Waals surface area (Å²) in [6, 6.07) is 8.26. The summed E-state index contributed by atoms with van der Waals surface area (Å²) in [5, 5.41) is 8.61. The van der Waals surface area contributed by atoms with Gasteiger partial charge in [-0.2, -0.15) is 10.1 Å². The highest BCUT2D eigenvalue weighted by Crippen LogP contribution is 2.29. The zero-order valence-corrected chi connectivity index (χ0v) is 14.4. The summed E-state index contributed by atoms with van der Waals surface area (Å²) in [7, 11) is 0. The predicted molar refractivity (Wildman–Crippen MR) is 88.1 cm³/mol. The third-order valence-electron chi connectivity index (χ3n) is 4.19. The average Bonchev–Trinajstić information content (AvgIpc) is 3.21. The van der Waals surface area contributed by atoms with Crippen molar-refractivity contribution in [2.24, 2.45) is 0 Å². The lowest BCUT2D eigenvalue weighted by atomic mass is 9.96. The van der Waals surface area contributed by atoms with E-state index in [1.807, 2.05) is 31.5 Å². The fraction of sp³-hybridized carbons (Fsp3) is 0.389. The van der Waals surface area contributed by atoms with Crippen molar-refractivity contribution in [3.05, 3.63) is 53.2 Å². The molecule has 1 atom stereocenters. The third kappa shape index (κ3) is 3.07. The average molecular weight is 342 g/mol. The van der Waals surface area contributed by atoms with Crippen molar-refractivity contribution in [2.75, 3.05) is 0 Å². The van der Waals surface area contributed by atoms with Gasteiger partial charge in [-0.3, -0.25) is 4.68 Å². The highest BCUT2D eigenvalue weighted by molar-refractivity contribution is 5.47. The molecule has 0 fully saturated rings. The monoisotopic (exact) mass is 342 g/mol. The summed E-state index contributed by atoms with van der Waals surface area (Å²) < 4.78 is 26.2. The first-order valence-corrected chi connectivity index (χ1v) is 8.18. The normalized spacial score (nSPS) is 17.5. The number of benzene rings is 1. The van der Waals surface area contributed by atoms with E-state index in [0.29, 0.717) is 30.6 Å². The molecule has 4 rings (SSSR count). The largest absolute Gasteiger partial charge is 0.365 e. The standard InChI is InChI=1S/C18H19FN4O2/c1-18(2,3)17-20-16(25-22-17)14-8-13-10-24-15(9-23(13)21-14)11-4-6-12(19)7-5-11/h4-8,15H,9-10H2,1-3H3. The van der Waals surface area contributed by atoms with Crippen molar-refractivity contribution in [1.29, 1.82) is 0 Å². The summed E-state index contributed by atoms with van der Waals surface area (Å²) in [5.74, 6) is 0.798. The molecule has 0 amide bonds. The number of rotatable bonds is 2. The van der Waals surface area contributed by atoms with Gasteiger partial charge in [0.05, 0.1) is 18.8 Å². The number of hydrogen-bond donors (Lipinski definition) is 0. The van der Waals surface area contributed by atoms with Gasteiger partial charge in [0.25, 0.3) is 5.89 Å². The highest BCUT2D eigenvalue weighted by Gasteiger charge is 2.26. The number of aromatic nitrogens is 4. The van der Waals surface area contributed by atoms with Gasteiger partial charge in [0.15, 0.2) is 11.5 Å². The lowest BCUT2D eigenvalue weighted by Crippen LogP contribution is -2.21. The molecule has 6 nitrogen and oxygen atoms in total.